The van der Waals surface area contributed by atoms with Crippen LogP contribution in [0.4, 0.5) is 0 Å². The summed E-state index contributed by atoms with van der Waals surface area (Å²) in [4.78, 5) is 12.7. The minimum Gasteiger partial charge on any atom is -0.386 e. The molecule has 0 aromatic carbocycles. The average Bonchev–Trinajstić information content (AvgIpc) is 2.28. The van der Waals surface area contributed by atoms with E-state index in [1.54, 1.807) is 19.9 Å². The van der Waals surface area contributed by atoms with Gasteiger partial charge < -0.3 is 9.67 Å². The van der Waals surface area contributed by atoms with Gasteiger partial charge >= 0.3 is 0 Å². The standard InChI is InChI=1S/C17H29NO2/c1-7-8-9-12-18-14(16(2,3)4)11-10-13(15(18)19)17(5,6)20/h10-11,20H,7-9,12H2,1-6H3. The van der Waals surface area contributed by atoms with E-state index in [0.29, 0.717) is 5.56 Å². The van der Waals surface area contributed by atoms with E-state index in [2.05, 4.69) is 27.7 Å². The summed E-state index contributed by atoms with van der Waals surface area (Å²) in [6, 6.07) is 3.76. The molecule has 0 aliphatic heterocycles. The van der Waals surface area contributed by atoms with E-state index in [0.717, 1.165) is 31.5 Å². The summed E-state index contributed by atoms with van der Waals surface area (Å²) in [7, 11) is 0. The minimum absolute atomic E-state index is 0.0546. The van der Waals surface area contributed by atoms with Gasteiger partial charge in [0.25, 0.3) is 5.56 Å². The smallest absolute Gasteiger partial charge is 0.256 e. The molecule has 0 saturated heterocycles. The summed E-state index contributed by atoms with van der Waals surface area (Å²) in [5, 5.41) is 10.1. The van der Waals surface area contributed by atoms with E-state index in [9.17, 15) is 9.90 Å². The third kappa shape index (κ3) is 3.95. The van der Waals surface area contributed by atoms with Gasteiger partial charge in [-0.25, -0.2) is 0 Å². The number of rotatable bonds is 5. The lowest BCUT2D eigenvalue weighted by Gasteiger charge is -2.27. The Balaban J connectivity index is 3.35. The van der Waals surface area contributed by atoms with Gasteiger partial charge in [0.2, 0.25) is 0 Å². The van der Waals surface area contributed by atoms with Crippen LogP contribution in [0.15, 0.2) is 16.9 Å². The first-order chi connectivity index (χ1) is 9.09. The first-order valence-electron chi connectivity index (χ1n) is 7.56. The second-order valence-electron chi connectivity index (χ2n) is 7.11. The molecule has 0 aliphatic carbocycles. The van der Waals surface area contributed by atoms with Gasteiger partial charge in [0.1, 0.15) is 0 Å². The van der Waals surface area contributed by atoms with Crippen LogP contribution in [0.1, 0.15) is 72.1 Å². The minimum atomic E-state index is -1.10. The zero-order valence-electron chi connectivity index (χ0n) is 13.8. The molecule has 0 bridgehead atoms. The predicted octanol–water partition coefficient (Wildman–Crippen LogP) is 3.56. The zero-order chi connectivity index (χ0) is 15.6. The molecule has 1 rings (SSSR count). The quantitative estimate of drug-likeness (QED) is 0.837. The van der Waals surface area contributed by atoms with Crippen molar-refractivity contribution in [1.82, 2.24) is 4.57 Å². The van der Waals surface area contributed by atoms with Gasteiger partial charge in [0.05, 0.1) is 5.60 Å². The first kappa shape index (κ1) is 17.0. The van der Waals surface area contributed by atoms with Crippen molar-refractivity contribution in [2.24, 2.45) is 0 Å². The summed E-state index contributed by atoms with van der Waals surface area (Å²) < 4.78 is 1.85. The van der Waals surface area contributed by atoms with Crippen LogP contribution in [-0.4, -0.2) is 9.67 Å². The number of nitrogens with zero attached hydrogens (tertiary/aromatic N) is 1. The van der Waals surface area contributed by atoms with Crippen LogP contribution in [0, 0.1) is 0 Å². The molecule has 0 fully saturated rings. The molecule has 0 amide bonds. The van der Waals surface area contributed by atoms with Crippen LogP contribution in [0.3, 0.4) is 0 Å². The fourth-order valence-corrected chi connectivity index (χ4v) is 2.44. The van der Waals surface area contributed by atoms with Crippen molar-refractivity contribution in [3.8, 4) is 0 Å². The number of unbranched alkanes of at least 4 members (excludes halogenated alkanes) is 2. The molecule has 1 heterocycles. The van der Waals surface area contributed by atoms with Gasteiger partial charge in [-0.1, -0.05) is 40.5 Å². The molecule has 0 unspecified atom stereocenters. The van der Waals surface area contributed by atoms with Crippen molar-refractivity contribution < 1.29 is 5.11 Å². The lowest BCUT2D eigenvalue weighted by molar-refractivity contribution is 0.0763. The van der Waals surface area contributed by atoms with E-state index in [1.807, 2.05) is 10.6 Å². The highest BCUT2D eigenvalue weighted by Crippen LogP contribution is 2.24. The molecule has 0 spiro atoms. The van der Waals surface area contributed by atoms with Crippen LogP contribution >= 0.6 is 0 Å². The highest BCUT2D eigenvalue weighted by molar-refractivity contribution is 5.24. The maximum Gasteiger partial charge on any atom is 0.256 e. The Morgan fingerprint density at radius 3 is 2.15 bits per heavy atom. The van der Waals surface area contributed by atoms with Crippen LogP contribution < -0.4 is 5.56 Å². The van der Waals surface area contributed by atoms with Crippen molar-refractivity contribution in [1.29, 1.82) is 0 Å². The highest BCUT2D eigenvalue weighted by atomic mass is 16.3. The maximum atomic E-state index is 12.7. The number of hydrogen-bond acceptors (Lipinski definition) is 2. The Morgan fingerprint density at radius 2 is 1.70 bits per heavy atom. The van der Waals surface area contributed by atoms with Crippen LogP contribution in [0.25, 0.3) is 0 Å². The summed E-state index contributed by atoms with van der Waals surface area (Å²) >= 11 is 0. The molecule has 20 heavy (non-hydrogen) atoms. The molecule has 114 valence electrons. The van der Waals surface area contributed by atoms with Gasteiger partial charge in [0.15, 0.2) is 0 Å². The molecule has 1 aromatic heterocycles. The topological polar surface area (TPSA) is 42.2 Å². The average molecular weight is 279 g/mol. The third-order valence-corrected chi connectivity index (χ3v) is 3.59. The van der Waals surface area contributed by atoms with Crippen LogP contribution in [0.2, 0.25) is 0 Å². The van der Waals surface area contributed by atoms with Crippen molar-refractivity contribution in [3.63, 3.8) is 0 Å². The Kier molecular flexibility index (Phi) is 5.20. The monoisotopic (exact) mass is 279 g/mol. The second kappa shape index (κ2) is 6.13. The van der Waals surface area contributed by atoms with E-state index in [4.69, 9.17) is 0 Å². The van der Waals surface area contributed by atoms with Gasteiger partial charge in [-0.2, -0.15) is 0 Å². The van der Waals surface area contributed by atoms with Gasteiger partial charge in [-0.15, -0.1) is 0 Å². The highest BCUT2D eigenvalue weighted by Gasteiger charge is 2.25. The van der Waals surface area contributed by atoms with Crippen LogP contribution in [0.5, 0.6) is 0 Å². The summed E-state index contributed by atoms with van der Waals surface area (Å²) in [6.45, 7) is 12.5. The second-order valence-corrected chi connectivity index (χ2v) is 7.11. The summed E-state index contributed by atoms with van der Waals surface area (Å²) in [5.41, 5.74) is 0.276. The number of aromatic nitrogens is 1. The van der Waals surface area contributed by atoms with Gasteiger partial charge in [-0.3, -0.25) is 4.79 Å². The Labute approximate surface area is 122 Å². The lowest BCUT2D eigenvalue weighted by Crippen LogP contribution is -2.36. The maximum absolute atomic E-state index is 12.7. The Hall–Kier alpha value is -1.09. The number of aliphatic hydroxyl groups is 1. The third-order valence-electron chi connectivity index (χ3n) is 3.59. The van der Waals surface area contributed by atoms with Crippen molar-refractivity contribution >= 4 is 0 Å². The summed E-state index contributed by atoms with van der Waals surface area (Å²) in [5.74, 6) is 0. The lowest BCUT2D eigenvalue weighted by atomic mass is 9.89. The molecule has 3 nitrogen and oxygen atoms in total. The van der Waals surface area contributed by atoms with Crippen LogP contribution in [-0.2, 0) is 17.6 Å². The van der Waals surface area contributed by atoms with Gasteiger partial charge in [-0.05, 0) is 32.4 Å². The fraction of sp³-hybridized carbons (Fsp3) is 0.706. The molecule has 0 radical (unpaired) electrons. The molecule has 3 heteroatoms. The molecule has 0 atom stereocenters. The fourth-order valence-electron chi connectivity index (χ4n) is 2.44. The molecule has 0 saturated carbocycles. The SMILES string of the molecule is CCCCCn1c(C(C)(C)C)ccc(C(C)(C)O)c1=O. The molecule has 1 aromatic rings. The summed E-state index contributed by atoms with van der Waals surface area (Å²) in [6.07, 6.45) is 3.24. The van der Waals surface area contributed by atoms with E-state index in [1.165, 1.54) is 0 Å². The van der Waals surface area contributed by atoms with Crippen molar-refractivity contribution in [3.05, 3.63) is 33.7 Å². The predicted molar refractivity (Wildman–Crippen MR) is 84.2 cm³/mol. The Morgan fingerprint density at radius 1 is 1.10 bits per heavy atom. The van der Waals surface area contributed by atoms with Crippen molar-refractivity contribution in [2.45, 2.75) is 78.4 Å². The van der Waals surface area contributed by atoms with E-state index >= 15 is 0 Å². The molecular formula is C17H29NO2. The molecular weight excluding hydrogens is 250 g/mol. The molecule has 1 N–H and O–H groups in total. The normalized spacial score (nSPS) is 12.8. The number of hydrogen-bond donors (Lipinski definition) is 1. The van der Waals surface area contributed by atoms with Crippen molar-refractivity contribution in [2.75, 3.05) is 0 Å². The zero-order valence-corrected chi connectivity index (χ0v) is 13.8. The molecule has 0 aliphatic rings. The number of pyridine rings is 1. The van der Waals surface area contributed by atoms with E-state index < -0.39 is 5.60 Å². The Bertz CT molecular complexity index is 501. The first-order valence-corrected chi connectivity index (χ1v) is 7.56. The van der Waals surface area contributed by atoms with E-state index in [-0.39, 0.29) is 11.0 Å². The van der Waals surface area contributed by atoms with Gasteiger partial charge in [0, 0.05) is 23.2 Å². The largest absolute Gasteiger partial charge is 0.386 e.